The summed E-state index contributed by atoms with van der Waals surface area (Å²) in [5.74, 6) is -1.41. The minimum atomic E-state index is -1.03. The molecule has 6 rings (SSSR count). The molecular formula is C45H42O4. The Morgan fingerprint density at radius 2 is 1.00 bits per heavy atom. The first-order chi connectivity index (χ1) is 24.1. The molecule has 0 saturated carbocycles. The SMILES string of the molecule is O=C(OCc1ccccc1)[C@H](COC(c1ccccc1)(c1ccccc1)c1ccccc1)[C@H](O)CCc1cccc(Cc2ccccc2)c1. The minimum absolute atomic E-state index is 0.0540. The number of hydrogen-bond donors (Lipinski definition) is 1. The molecule has 6 aromatic rings. The van der Waals surface area contributed by atoms with Gasteiger partial charge in [-0.15, -0.1) is 0 Å². The first-order valence-electron chi connectivity index (χ1n) is 16.9. The summed E-state index contributed by atoms with van der Waals surface area (Å²) >= 11 is 0. The molecule has 246 valence electrons. The average molecular weight is 647 g/mol. The van der Waals surface area contributed by atoms with E-state index in [2.05, 4.69) is 48.5 Å². The summed E-state index contributed by atoms with van der Waals surface area (Å²) in [6.07, 6.45) is 0.812. The van der Waals surface area contributed by atoms with Gasteiger partial charge >= 0.3 is 5.97 Å². The summed E-state index contributed by atoms with van der Waals surface area (Å²) in [6.45, 7) is 0.0626. The van der Waals surface area contributed by atoms with Crippen molar-refractivity contribution in [3.63, 3.8) is 0 Å². The van der Waals surface area contributed by atoms with Gasteiger partial charge in [-0.1, -0.05) is 176 Å². The molecule has 6 aromatic carbocycles. The number of aliphatic hydroxyl groups excluding tert-OH is 1. The van der Waals surface area contributed by atoms with Crippen molar-refractivity contribution in [1.29, 1.82) is 0 Å². The lowest BCUT2D eigenvalue weighted by atomic mass is 9.80. The fraction of sp³-hybridized carbons (Fsp3) is 0.178. The molecule has 0 aliphatic carbocycles. The molecule has 0 aliphatic heterocycles. The van der Waals surface area contributed by atoms with Crippen molar-refractivity contribution < 1.29 is 19.4 Å². The van der Waals surface area contributed by atoms with Crippen molar-refractivity contribution in [1.82, 2.24) is 0 Å². The van der Waals surface area contributed by atoms with Crippen LogP contribution in [0.5, 0.6) is 0 Å². The van der Waals surface area contributed by atoms with Crippen LogP contribution in [0.2, 0.25) is 0 Å². The smallest absolute Gasteiger partial charge is 0.314 e. The third-order valence-electron chi connectivity index (χ3n) is 8.98. The molecular weight excluding hydrogens is 604 g/mol. The van der Waals surface area contributed by atoms with E-state index in [0.717, 1.165) is 34.2 Å². The third kappa shape index (κ3) is 8.60. The van der Waals surface area contributed by atoms with Gasteiger partial charge in [-0.2, -0.15) is 0 Å². The quantitative estimate of drug-likeness (QED) is 0.0894. The normalized spacial score (nSPS) is 12.6. The van der Waals surface area contributed by atoms with Crippen molar-refractivity contribution in [2.24, 2.45) is 5.92 Å². The Kier molecular flexibility index (Phi) is 11.5. The number of ether oxygens (including phenoxy) is 2. The molecule has 0 fully saturated rings. The molecule has 0 heterocycles. The molecule has 0 spiro atoms. The van der Waals surface area contributed by atoms with E-state index in [-0.39, 0.29) is 13.2 Å². The summed E-state index contributed by atoms with van der Waals surface area (Å²) in [4.78, 5) is 13.9. The van der Waals surface area contributed by atoms with Crippen LogP contribution in [0.3, 0.4) is 0 Å². The van der Waals surface area contributed by atoms with Gasteiger partial charge < -0.3 is 14.6 Å². The lowest BCUT2D eigenvalue weighted by molar-refractivity contribution is -0.159. The molecule has 0 bridgehead atoms. The Balaban J connectivity index is 1.28. The molecule has 0 amide bonds. The molecule has 4 nitrogen and oxygen atoms in total. The summed E-state index contributed by atoms with van der Waals surface area (Å²) < 4.78 is 12.9. The maximum atomic E-state index is 13.9. The van der Waals surface area contributed by atoms with Crippen LogP contribution >= 0.6 is 0 Å². The highest BCUT2D eigenvalue weighted by Gasteiger charge is 2.40. The highest BCUT2D eigenvalue weighted by atomic mass is 16.5. The molecule has 49 heavy (non-hydrogen) atoms. The van der Waals surface area contributed by atoms with Gasteiger partial charge in [0.2, 0.25) is 0 Å². The van der Waals surface area contributed by atoms with Gasteiger partial charge in [-0.3, -0.25) is 4.79 Å². The second-order valence-corrected chi connectivity index (χ2v) is 12.4. The van der Waals surface area contributed by atoms with E-state index in [1.54, 1.807) is 0 Å². The van der Waals surface area contributed by atoms with Crippen LogP contribution in [-0.4, -0.2) is 23.8 Å². The minimum Gasteiger partial charge on any atom is -0.460 e. The van der Waals surface area contributed by atoms with Crippen LogP contribution in [-0.2, 0) is 39.3 Å². The van der Waals surface area contributed by atoms with Crippen molar-refractivity contribution in [2.75, 3.05) is 6.61 Å². The first kappa shape index (κ1) is 33.6. The van der Waals surface area contributed by atoms with Crippen LogP contribution in [0.15, 0.2) is 176 Å². The maximum absolute atomic E-state index is 13.9. The highest BCUT2D eigenvalue weighted by Crippen LogP contribution is 2.41. The van der Waals surface area contributed by atoms with Crippen molar-refractivity contribution in [3.8, 4) is 0 Å². The van der Waals surface area contributed by atoms with Gasteiger partial charge in [-0.05, 0) is 58.2 Å². The number of rotatable bonds is 15. The summed E-state index contributed by atoms with van der Waals surface area (Å²) in [5.41, 5.74) is 6.18. The van der Waals surface area contributed by atoms with Gasteiger partial charge in [0.15, 0.2) is 0 Å². The van der Waals surface area contributed by atoms with Gasteiger partial charge in [0.25, 0.3) is 0 Å². The van der Waals surface area contributed by atoms with E-state index < -0.39 is 23.6 Å². The fourth-order valence-corrected chi connectivity index (χ4v) is 6.40. The molecule has 1 N–H and O–H groups in total. The number of carbonyl (C=O) groups excluding carboxylic acids is 1. The van der Waals surface area contributed by atoms with Crippen molar-refractivity contribution in [2.45, 2.75) is 37.6 Å². The van der Waals surface area contributed by atoms with Gasteiger partial charge in [-0.25, -0.2) is 0 Å². The predicted molar refractivity (Wildman–Crippen MR) is 195 cm³/mol. The van der Waals surface area contributed by atoms with E-state index in [4.69, 9.17) is 9.47 Å². The number of aryl methyl sites for hydroxylation is 1. The van der Waals surface area contributed by atoms with E-state index in [1.807, 2.05) is 127 Å². The Morgan fingerprint density at radius 3 is 1.53 bits per heavy atom. The topological polar surface area (TPSA) is 55.8 Å². The number of hydrogen-bond acceptors (Lipinski definition) is 4. The molecule has 0 unspecified atom stereocenters. The Morgan fingerprint density at radius 1 is 0.551 bits per heavy atom. The zero-order valence-electron chi connectivity index (χ0n) is 27.6. The lowest BCUT2D eigenvalue weighted by Crippen LogP contribution is -2.40. The molecule has 0 saturated heterocycles. The van der Waals surface area contributed by atoms with Gasteiger partial charge in [0.1, 0.15) is 18.1 Å². The predicted octanol–water partition coefficient (Wildman–Crippen LogP) is 8.94. The Bertz CT molecular complexity index is 1760. The Labute approximate surface area is 289 Å². The molecule has 0 aliphatic rings. The highest BCUT2D eigenvalue weighted by molar-refractivity contribution is 5.73. The van der Waals surface area contributed by atoms with Crippen LogP contribution in [0, 0.1) is 5.92 Å². The number of carbonyl (C=O) groups is 1. The number of aliphatic hydroxyl groups is 1. The zero-order valence-corrected chi connectivity index (χ0v) is 27.6. The van der Waals surface area contributed by atoms with E-state index in [9.17, 15) is 9.90 Å². The first-order valence-corrected chi connectivity index (χ1v) is 16.9. The van der Waals surface area contributed by atoms with Crippen molar-refractivity contribution in [3.05, 3.63) is 215 Å². The fourth-order valence-electron chi connectivity index (χ4n) is 6.40. The Hall–Kier alpha value is -5.29. The van der Waals surface area contributed by atoms with Crippen molar-refractivity contribution >= 4 is 5.97 Å². The van der Waals surface area contributed by atoms with Crippen LogP contribution in [0.1, 0.15) is 45.4 Å². The standard InChI is InChI=1S/C45H42O4/c46-43(30-29-36-21-16-22-38(32-36)31-35-17-6-1-7-18-35)42(44(47)48-33-37-19-8-2-9-20-37)34-49-45(39-23-10-3-11-24-39,40-25-12-4-13-26-40)41-27-14-5-15-28-41/h1-28,32,42-43,46H,29-31,33-34H2/t42-,43-/m1/s1. The zero-order chi connectivity index (χ0) is 33.7. The van der Waals surface area contributed by atoms with E-state index in [0.29, 0.717) is 12.8 Å². The molecule has 4 heteroatoms. The average Bonchev–Trinajstić information content (AvgIpc) is 3.17. The maximum Gasteiger partial charge on any atom is 0.314 e. The van der Waals surface area contributed by atoms with E-state index >= 15 is 0 Å². The third-order valence-corrected chi connectivity index (χ3v) is 8.98. The molecule has 2 atom stereocenters. The van der Waals surface area contributed by atoms with Crippen LogP contribution in [0.4, 0.5) is 0 Å². The summed E-state index contributed by atoms with van der Waals surface area (Å²) in [7, 11) is 0. The summed E-state index contributed by atoms with van der Waals surface area (Å²) in [5, 5.41) is 11.8. The molecule has 0 radical (unpaired) electrons. The van der Waals surface area contributed by atoms with Gasteiger partial charge in [0.05, 0.1) is 12.7 Å². The monoisotopic (exact) mass is 646 g/mol. The van der Waals surface area contributed by atoms with Gasteiger partial charge in [0, 0.05) is 0 Å². The largest absolute Gasteiger partial charge is 0.460 e. The molecule has 0 aromatic heterocycles. The van der Waals surface area contributed by atoms with E-state index in [1.165, 1.54) is 11.1 Å². The second-order valence-electron chi connectivity index (χ2n) is 12.4. The lowest BCUT2D eigenvalue weighted by Gasteiger charge is -2.37. The number of esters is 1. The van der Waals surface area contributed by atoms with Crippen LogP contribution in [0.25, 0.3) is 0 Å². The second kappa shape index (κ2) is 16.7. The number of benzene rings is 6. The summed E-state index contributed by atoms with van der Waals surface area (Å²) in [6, 6.07) is 58.6. The van der Waals surface area contributed by atoms with Crippen LogP contribution < -0.4 is 0 Å².